The van der Waals surface area contributed by atoms with Gasteiger partial charge >= 0.3 is 11.9 Å². The monoisotopic (exact) mass is 367 g/mol. The third kappa shape index (κ3) is 8.23. The first-order chi connectivity index (χ1) is 12.8. The number of hydrogen-bond donors (Lipinski definition) is 1. The predicted molar refractivity (Wildman–Crippen MR) is 106 cm³/mol. The van der Waals surface area contributed by atoms with Crippen LogP contribution in [-0.2, 0) is 25.7 Å². The molecular weight excluding hydrogens is 342 g/mol. The molecule has 5 nitrogen and oxygen atoms in total. The summed E-state index contributed by atoms with van der Waals surface area (Å²) in [6.07, 6.45) is 3.08. The SMILES string of the molecule is CC(C)(C)OC(=O)/C=C/c1ccc(NCC(=O)OCc2ccccc2)cc1. The summed E-state index contributed by atoms with van der Waals surface area (Å²) >= 11 is 0. The molecule has 0 aliphatic carbocycles. The van der Waals surface area contributed by atoms with Gasteiger partial charge in [-0.05, 0) is 50.1 Å². The minimum absolute atomic E-state index is 0.0833. The van der Waals surface area contributed by atoms with Gasteiger partial charge in [0.15, 0.2) is 0 Å². The summed E-state index contributed by atoms with van der Waals surface area (Å²) in [6, 6.07) is 16.9. The molecule has 0 unspecified atom stereocenters. The predicted octanol–water partition coefficient (Wildman–Crippen LogP) is 4.20. The van der Waals surface area contributed by atoms with Crippen LogP contribution in [0.15, 0.2) is 60.7 Å². The molecule has 0 heterocycles. The molecule has 0 aliphatic rings. The fourth-order valence-corrected chi connectivity index (χ4v) is 2.18. The van der Waals surface area contributed by atoms with Gasteiger partial charge in [0.25, 0.3) is 0 Å². The first-order valence-corrected chi connectivity index (χ1v) is 8.76. The van der Waals surface area contributed by atoms with Crippen LogP contribution >= 0.6 is 0 Å². The number of esters is 2. The summed E-state index contributed by atoms with van der Waals surface area (Å²) in [7, 11) is 0. The van der Waals surface area contributed by atoms with Crippen LogP contribution < -0.4 is 5.32 Å². The maximum Gasteiger partial charge on any atom is 0.331 e. The van der Waals surface area contributed by atoms with Gasteiger partial charge in [-0.2, -0.15) is 0 Å². The zero-order chi connectivity index (χ0) is 19.7. The minimum atomic E-state index is -0.510. The largest absolute Gasteiger partial charge is 0.460 e. The summed E-state index contributed by atoms with van der Waals surface area (Å²) in [5.74, 6) is -0.710. The van der Waals surface area contributed by atoms with E-state index in [9.17, 15) is 9.59 Å². The lowest BCUT2D eigenvalue weighted by molar-refractivity contribution is -0.148. The second-order valence-electron chi connectivity index (χ2n) is 6.99. The molecule has 0 fully saturated rings. The third-order valence-electron chi connectivity index (χ3n) is 3.41. The quantitative estimate of drug-likeness (QED) is 0.587. The Morgan fingerprint density at radius 2 is 1.67 bits per heavy atom. The Balaban J connectivity index is 1.76. The number of rotatable bonds is 7. The molecule has 0 atom stereocenters. The highest BCUT2D eigenvalue weighted by molar-refractivity contribution is 5.87. The molecule has 5 heteroatoms. The molecule has 0 saturated heterocycles. The molecule has 0 spiro atoms. The molecule has 0 amide bonds. The van der Waals surface area contributed by atoms with Gasteiger partial charge in [0, 0.05) is 11.8 Å². The van der Waals surface area contributed by atoms with Crippen LogP contribution in [0.1, 0.15) is 31.9 Å². The van der Waals surface area contributed by atoms with E-state index in [1.807, 2.05) is 75.4 Å². The van der Waals surface area contributed by atoms with E-state index in [1.165, 1.54) is 6.08 Å². The fourth-order valence-electron chi connectivity index (χ4n) is 2.18. The lowest BCUT2D eigenvalue weighted by atomic mass is 10.2. The molecular formula is C22H25NO4. The second kappa shape index (κ2) is 9.57. The first-order valence-electron chi connectivity index (χ1n) is 8.76. The Bertz CT molecular complexity index is 774. The summed E-state index contributed by atoms with van der Waals surface area (Å²) in [5, 5.41) is 3.01. The second-order valence-corrected chi connectivity index (χ2v) is 6.99. The van der Waals surface area contributed by atoms with Crippen molar-refractivity contribution in [2.24, 2.45) is 0 Å². The number of hydrogen-bond acceptors (Lipinski definition) is 5. The molecule has 2 rings (SSSR count). The Hall–Kier alpha value is -3.08. The molecule has 0 aliphatic heterocycles. The van der Waals surface area contributed by atoms with Crippen molar-refractivity contribution in [3.8, 4) is 0 Å². The zero-order valence-corrected chi connectivity index (χ0v) is 15.9. The zero-order valence-electron chi connectivity index (χ0n) is 15.9. The highest BCUT2D eigenvalue weighted by Crippen LogP contribution is 2.12. The Morgan fingerprint density at radius 3 is 2.30 bits per heavy atom. The van der Waals surface area contributed by atoms with Crippen LogP contribution in [0.25, 0.3) is 6.08 Å². The third-order valence-corrected chi connectivity index (χ3v) is 3.41. The molecule has 142 valence electrons. The fraction of sp³-hybridized carbons (Fsp3) is 0.273. The maximum atomic E-state index is 11.8. The van der Waals surface area contributed by atoms with Gasteiger partial charge in [-0.3, -0.25) is 4.79 Å². The molecule has 27 heavy (non-hydrogen) atoms. The number of carbonyl (C=O) groups excluding carboxylic acids is 2. The highest BCUT2D eigenvalue weighted by atomic mass is 16.6. The van der Waals surface area contributed by atoms with Gasteiger partial charge in [0.1, 0.15) is 18.8 Å². The lowest BCUT2D eigenvalue weighted by Crippen LogP contribution is -2.22. The van der Waals surface area contributed by atoms with E-state index in [4.69, 9.17) is 9.47 Å². The van der Waals surface area contributed by atoms with Gasteiger partial charge in [0.2, 0.25) is 0 Å². The Labute approximate surface area is 160 Å². The maximum absolute atomic E-state index is 11.8. The van der Waals surface area contributed by atoms with Crippen molar-refractivity contribution in [3.05, 3.63) is 71.8 Å². The van der Waals surface area contributed by atoms with E-state index in [0.717, 1.165) is 16.8 Å². The van der Waals surface area contributed by atoms with E-state index < -0.39 is 5.60 Å². The number of nitrogens with one attached hydrogen (secondary N) is 1. The Morgan fingerprint density at radius 1 is 1.00 bits per heavy atom. The normalized spacial score (nSPS) is 11.2. The van der Waals surface area contributed by atoms with Crippen LogP contribution in [0, 0.1) is 0 Å². The number of benzene rings is 2. The van der Waals surface area contributed by atoms with Crippen LogP contribution in [0.2, 0.25) is 0 Å². The van der Waals surface area contributed by atoms with E-state index >= 15 is 0 Å². The molecule has 2 aromatic rings. The number of ether oxygens (including phenoxy) is 2. The van der Waals surface area contributed by atoms with Crippen LogP contribution in [0.3, 0.4) is 0 Å². The molecule has 0 radical (unpaired) electrons. The molecule has 0 aromatic heterocycles. The van der Waals surface area contributed by atoms with Gasteiger partial charge in [0.05, 0.1) is 0 Å². The van der Waals surface area contributed by atoms with Gasteiger partial charge < -0.3 is 14.8 Å². The van der Waals surface area contributed by atoms with Crippen molar-refractivity contribution in [1.29, 1.82) is 0 Å². The van der Waals surface area contributed by atoms with E-state index in [1.54, 1.807) is 6.08 Å². The molecule has 0 saturated carbocycles. The van der Waals surface area contributed by atoms with Crippen molar-refractivity contribution in [2.45, 2.75) is 33.0 Å². The average molecular weight is 367 g/mol. The number of anilines is 1. The van der Waals surface area contributed by atoms with E-state index in [-0.39, 0.29) is 25.1 Å². The summed E-state index contributed by atoms with van der Waals surface area (Å²) in [6.45, 7) is 5.81. The molecule has 1 N–H and O–H groups in total. The van der Waals surface area contributed by atoms with Gasteiger partial charge in [-0.1, -0.05) is 42.5 Å². The van der Waals surface area contributed by atoms with Crippen LogP contribution in [0.4, 0.5) is 5.69 Å². The first kappa shape index (κ1) is 20.2. The number of carbonyl (C=O) groups is 2. The summed E-state index contributed by atoms with van der Waals surface area (Å²) in [5.41, 5.74) is 2.09. The van der Waals surface area contributed by atoms with E-state index in [2.05, 4.69) is 5.32 Å². The average Bonchev–Trinajstić information content (AvgIpc) is 2.63. The van der Waals surface area contributed by atoms with Crippen molar-refractivity contribution < 1.29 is 19.1 Å². The van der Waals surface area contributed by atoms with Crippen LogP contribution in [0.5, 0.6) is 0 Å². The standard InChI is InChI=1S/C22H25NO4/c1-22(2,3)27-20(24)14-11-17-9-12-19(13-10-17)23-15-21(25)26-16-18-7-5-4-6-8-18/h4-14,23H,15-16H2,1-3H3/b14-11+. The summed E-state index contributed by atoms with van der Waals surface area (Å²) < 4.78 is 10.4. The van der Waals surface area contributed by atoms with Crippen LogP contribution in [-0.4, -0.2) is 24.1 Å². The topological polar surface area (TPSA) is 64.6 Å². The van der Waals surface area contributed by atoms with Crippen molar-refractivity contribution >= 4 is 23.7 Å². The lowest BCUT2D eigenvalue weighted by Gasteiger charge is -2.17. The Kier molecular flexibility index (Phi) is 7.17. The van der Waals surface area contributed by atoms with Crippen molar-refractivity contribution in [2.75, 3.05) is 11.9 Å². The minimum Gasteiger partial charge on any atom is -0.460 e. The van der Waals surface area contributed by atoms with E-state index in [0.29, 0.717) is 0 Å². The van der Waals surface area contributed by atoms with Gasteiger partial charge in [-0.25, -0.2) is 4.79 Å². The van der Waals surface area contributed by atoms with Crippen molar-refractivity contribution in [3.63, 3.8) is 0 Å². The summed E-state index contributed by atoms with van der Waals surface area (Å²) in [4.78, 5) is 23.5. The molecule has 0 bridgehead atoms. The van der Waals surface area contributed by atoms with Crippen molar-refractivity contribution in [1.82, 2.24) is 0 Å². The molecule has 2 aromatic carbocycles. The smallest absolute Gasteiger partial charge is 0.331 e. The van der Waals surface area contributed by atoms with Gasteiger partial charge in [-0.15, -0.1) is 0 Å². The highest BCUT2D eigenvalue weighted by Gasteiger charge is 2.13.